The lowest BCUT2D eigenvalue weighted by molar-refractivity contribution is 0.0671. The molecule has 0 aromatic heterocycles. The van der Waals surface area contributed by atoms with Crippen LogP contribution in [0.1, 0.15) is 32.1 Å². The zero-order chi connectivity index (χ0) is 13.9. The van der Waals surface area contributed by atoms with E-state index in [1.165, 1.54) is 12.8 Å². The van der Waals surface area contributed by atoms with Crippen molar-refractivity contribution in [2.24, 2.45) is 11.7 Å². The maximum Gasteiger partial charge on any atom is 0.214 e. The fourth-order valence-corrected chi connectivity index (χ4v) is 5.06. The standard InChI is InChI=1S/C13H27N3O2S/c1-15-8-4-5-12-11-16(9-6-13(12)15)19(17,18)10-3-2-7-14/h12-13H,2-11,14H2,1H3. The van der Waals surface area contributed by atoms with Crippen molar-refractivity contribution in [1.29, 1.82) is 0 Å². The van der Waals surface area contributed by atoms with Gasteiger partial charge in [0.05, 0.1) is 5.75 Å². The molecular weight excluding hydrogens is 262 g/mol. The number of fused-ring (bicyclic) bond motifs is 1. The second-order valence-electron chi connectivity index (χ2n) is 5.91. The molecule has 0 bridgehead atoms. The van der Waals surface area contributed by atoms with Crippen LogP contribution in [0.2, 0.25) is 0 Å². The first-order valence-electron chi connectivity index (χ1n) is 7.43. The highest BCUT2D eigenvalue weighted by Gasteiger charge is 2.37. The predicted octanol–water partition coefficient (Wildman–Crippen LogP) is 0.471. The predicted molar refractivity (Wildman–Crippen MR) is 77.4 cm³/mol. The summed E-state index contributed by atoms with van der Waals surface area (Å²) in [7, 11) is -0.895. The van der Waals surface area contributed by atoms with Crippen LogP contribution in [-0.4, -0.2) is 62.6 Å². The Labute approximate surface area is 117 Å². The summed E-state index contributed by atoms with van der Waals surface area (Å²) in [5.74, 6) is 0.786. The molecule has 0 spiro atoms. The zero-order valence-corrected chi connectivity index (χ0v) is 12.7. The van der Waals surface area contributed by atoms with Crippen molar-refractivity contribution in [1.82, 2.24) is 9.21 Å². The molecule has 0 saturated carbocycles. The Bertz CT molecular complexity index is 385. The zero-order valence-electron chi connectivity index (χ0n) is 11.9. The lowest BCUT2D eigenvalue weighted by Gasteiger charge is -2.45. The molecule has 6 heteroatoms. The minimum Gasteiger partial charge on any atom is -0.330 e. The fourth-order valence-electron chi connectivity index (χ4n) is 3.43. The number of likely N-dealkylation sites (tertiary alicyclic amines) is 1. The van der Waals surface area contributed by atoms with Crippen molar-refractivity contribution >= 4 is 10.0 Å². The lowest BCUT2D eigenvalue weighted by atomic mass is 9.85. The van der Waals surface area contributed by atoms with E-state index in [2.05, 4.69) is 11.9 Å². The van der Waals surface area contributed by atoms with E-state index in [1.54, 1.807) is 4.31 Å². The number of unbranched alkanes of at least 4 members (excludes halogenated alkanes) is 1. The van der Waals surface area contributed by atoms with Gasteiger partial charge in [0.1, 0.15) is 0 Å². The summed E-state index contributed by atoms with van der Waals surface area (Å²) in [6.07, 6.45) is 4.82. The molecule has 2 saturated heterocycles. The molecule has 19 heavy (non-hydrogen) atoms. The monoisotopic (exact) mass is 289 g/mol. The maximum absolute atomic E-state index is 12.3. The summed E-state index contributed by atoms with van der Waals surface area (Å²) >= 11 is 0. The Morgan fingerprint density at radius 1 is 1.21 bits per heavy atom. The molecule has 2 N–H and O–H groups in total. The molecule has 2 fully saturated rings. The first-order chi connectivity index (χ1) is 9.04. The molecule has 0 radical (unpaired) electrons. The Morgan fingerprint density at radius 3 is 2.74 bits per heavy atom. The molecule has 0 amide bonds. The average molecular weight is 289 g/mol. The molecule has 2 unspecified atom stereocenters. The largest absolute Gasteiger partial charge is 0.330 e. The lowest BCUT2D eigenvalue weighted by Crippen LogP contribution is -2.54. The Balaban J connectivity index is 1.92. The number of nitrogens with zero attached hydrogens (tertiary/aromatic N) is 2. The number of nitrogens with two attached hydrogens (primary N) is 1. The van der Waals surface area contributed by atoms with Gasteiger partial charge >= 0.3 is 0 Å². The number of piperidine rings is 2. The van der Waals surface area contributed by atoms with E-state index in [4.69, 9.17) is 5.73 Å². The minimum absolute atomic E-state index is 0.261. The van der Waals surface area contributed by atoms with E-state index in [0.717, 1.165) is 25.9 Å². The highest BCUT2D eigenvalue weighted by Crippen LogP contribution is 2.30. The number of rotatable bonds is 5. The van der Waals surface area contributed by atoms with Crippen LogP contribution in [0.4, 0.5) is 0 Å². The molecule has 2 atom stereocenters. The summed E-state index contributed by atoms with van der Waals surface area (Å²) in [5.41, 5.74) is 5.43. The third kappa shape index (κ3) is 3.68. The van der Waals surface area contributed by atoms with Crippen LogP contribution in [0.15, 0.2) is 0 Å². The van der Waals surface area contributed by atoms with Gasteiger partial charge in [-0.15, -0.1) is 0 Å². The van der Waals surface area contributed by atoms with Gasteiger partial charge in [-0.2, -0.15) is 0 Å². The molecule has 2 rings (SSSR count). The third-order valence-electron chi connectivity index (χ3n) is 4.56. The molecule has 112 valence electrons. The van der Waals surface area contributed by atoms with Crippen molar-refractivity contribution in [2.75, 3.05) is 39.0 Å². The fraction of sp³-hybridized carbons (Fsp3) is 1.00. The second kappa shape index (κ2) is 6.52. The van der Waals surface area contributed by atoms with Gasteiger partial charge in [0.2, 0.25) is 10.0 Å². The van der Waals surface area contributed by atoms with Crippen LogP contribution < -0.4 is 5.73 Å². The Hall–Kier alpha value is -0.170. The Kier molecular flexibility index (Phi) is 5.22. The summed E-state index contributed by atoms with van der Waals surface area (Å²) < 4.78 is 26.3. The van der Waals surface area contributed by atoms with Crippen LogP contribution in [0.3, 0.4) is 0 Å². The van der Waals surface area contributed by atoms with Crippen molar-refractivity contribution in [3.05, 3.63) is 0 Å². The molecular formula is C13H27N3O2S. The number of sulfonamides is 1. The van der Waals surface area contributed by atoms with E-state index >= 15 is 0 Å². The first kappa shape index (κ1) is 15.2. The van der Waals surface area contributed by atoms with Gasteiger partial charge in [-0.25, -0.2) is 12.7 Å². The molecule has 5 nitrogen and oxygen atoms in total. The quantitative estimate of drug-likeness (QED) is 0.747. The van der Waals surface area contributed by atoms with Crippen LogP contribution in [-0.2, 0) is 10.0 Å². The summed E-state index contributed by atoms with van der Waals surface area (Å²) in [6, 6.07) is 0.587. The van der Waals surface area contributed by atoms with Gasteiger partial charge in [-0.3, -0.25) is 0 Å². The van der Waals surface area contributed by atoms with Gasteiger partial charge < -0.3 is 10.6 Å². The number of hydrogen-bond donors (Lipinski definition) is 1. The van der Waals surface area contributed by atoms with Crippen LogP contribution in [0.5, 0.6) is 0 Å². The van der Waals surface area contributed by atoms with Gasteiger partial charge in [0.15, 0.2) is 0 Å². The molecule has 2 heterocycles. The first-order valence-corrected chi connectivity index (χ1v) is 9.03. The SMILES string of the molecule is CN1CCCC2CN(S(=O)(=O)CCCCN)CCC21. The van der Waals surface area contributed by atoms with Gasteiger partial charge in [0.25, 0.3) is 0 Å². The highest BCUT2D eigenvalue weighted by molar-refractivity contribution is 7.89. The van der Waals surface area contributed by atoms with E-state index in [0.29, 0.717) is 31.5 Å². The molecule has 0 aliphatic carbocycles. The molecule has 2 aliphatic rings. The summed E-state index contributed by atoms with van der Waals surface area (Å²) in [6.45, 7) is 3.14. The molecule has 0 aromatic carbocycles. The third-order valence-corrected chi connectivity index (χ3v) is 6.48. The van der Waals surface area contributed by atoms with Crippen LogP contribution >= 0.6 is 0 Å². The van der Waals surface area contributed by atoms with Crippen molar-refractivity contribution in [2.45, 2.75) is 38.1 Å². The average Bonchev–Trinajstić information content (AvgIpc) is 2.39. The number of hydrogen-bond acceptors (Lipinski definition) is 4. The van der Waals surface area contributed by atoms with E-state index in [1.807, 2.05) is 0 Å². The van der Waals surface area contributed by atoms with Crippen molar-refractivity contribution in [3.8, 4) is 0 Å². The minimum atomic E-state index is -3.06. The van der Waals surface area contributed by atoms with E-state index < -0.39 is 10.0 Å². The second-order valence-corrected chi connectivity index (χ2v) is 8.00. The summed E-state index contributed by atoms with van der Waals surface area (Å²) in [4.78, 5) is 2.41. The Morgan fingerprint density at radius 2 is 2.00 bits per heavy atom. The molecule has 2 aliphatic heterocycles. The highest BCUT2D eigenvalue weighted by atomic mass is 32.2. The topological polar surface area (TPSA) is 66.6 Å². The van der Waals surface area contributed by atoms with Gasteiger partial charge in [0, 0.05) is 19.1 Å². The smallest absolute Gasteiger partial charge is 0.214 e. The van der Waals surface area contributed by atoms with Crippen LogP contribution in [0, 0.1) is 5.92 Å². The van der Waals surface area contributed by atoms with Crippen molar-refractivity contribution in [3.63, 3.8) is 0 Å². The van der Waals surface area contributed by atoms with Crippen molar-refractivity contribution < 1.29 is 8.42 Å². The molecule has 0 aromatic rings. The van der Waals surface area contributed by atoms with Crippen LogP contribution in [0.25, 0.3) is 0 Å². The van der Waals surface area contributed by atoms with E-state index in [9.17, 15) is 8.42 Å². The summed E-state index contributed by atoms with van der Waals surface area (Å²) in [5, 5.41) is 0. The van der Waals surface area contributed by atoms with E-state index in [-0.39, 0.29) is 5.75 Å². The maximum atomic E-state index is 12.3. The van der Waals surface area contributed by atoms with Gasteiger partial charge in [-0.05, 0) is 58.2 Å². The normalized spacial score (nSPS) is 30.2. The van der Waals surface area contributed by atoms with Gasteiger partial charge in [-0.1, -0.05) is 0 Å².